The Balaban J connectivity index is 3.74. The molecule has 0 aromatic heterocycles. The van der Waals surface area contributed by atoms with Crippen molar-refractivity contribution in [3.8, 4) is 0 Å². The number of rotatable bonds is 2. The van der Waals surface area contributed by atoms with Crippen LogP contribution >= 0.6 is 0 Å². The topological polar surface area (TPSA) is 54.4 Å². The quantitative estimate of drug-likeness (QED) is 0.535. The first kappa shape index (κ1) is 7.36. The van der Waals surface area contributed by atoms with Crippen LogP contribution < -0.4 is 0 Å². The van der Waals surface area contributed by atoms with Gasteiger partial charge in [0.1, 0.15) is 0 Å². The Kier molecular flexibility index (Phi) is 3.10. The fourth-order valence-electron chi connectivity index (χ4n) is 0.242. The second-order valence-electron chi connectivity index (χ2n) is 1.36. The van der Waals surface area contributed by atoms with Crippen LogP contribution in [0.2, 0.25) is 0 Å². The minimum Gasteiger partial charge on any atom is -0.481 e. The van der Waals surface area contributed by atoms with Crippen LogP contribution in [-0.4, -0.2) is 20.1 Å². The van der Waals surface area contributed by atoms with Crippen LogP contribution in [0.1, 0.15) is 13.3 Å². The molecule has 0 fully saturated rings. The van der Waals surface area contributed by atoms with Crippen LogP contribution in [-0.2, 0) is 16.1 Å². The molecular weight excluding hydrogens is 128 g/mol. The van der Waals surface area contributed by atoms with Crippen LogP contribution in [0.25, 0.3) is 0 Å². The van der Waals surface area contributed by atoms with Crippen molar-refractivity contribution in [3.63, 3.8) is 0 Å². The van der Waals surface area contributed by atoms with Crippen molar-refractivity contribution >= 4 is 22.1 Å². The predicted molar refractivity (Wildman–Crippen MR) is 31.1 cm³/mol. The van der Waals surface area contributed by atoms with Crippen molar-refractivity contribution in [1.82, 2.24) is 0 Å². The van der Waals surface area contributed by atoms with Gasteiger partial charge in [0.25, 0.3) is 0 Å². The van der Waals surface area contributed by atoms with Crippen molar-refractivity contribution < 1.29 is 14.1 Å². The Morgan fingerprint density at radius 3 is 2.38 bits per heavy atom. The van der Waals surface area contributed by atoms with Gasteiger partial charge in [0, 0.05) is 4.86 Å². The van der Waals surface area contributed by atoms with E-state index in [1.807, 2.05) is 0 Å². The molecule has 3 nitrogen and oxygen atoms in total. The summed E-state index contributed by atoms with van der Waals surface area (Å²) in [6, 6.07) is 0. The summed E-state index contributed by atoms with van der Waals surface area (Å²) in [5.74, 6) is -0.953. The van der Waals surface area contributed by atoms with Gasteiger partial charge >= 0.3 is 5.97 Å². The van der Waals surface area contributed by atoms with Crippen molar-refractivity contribution in [1.29, 1.82) is 0 Å². The maximum atomic E-state index is 9.80. The van der Waals surface area contributed by atoms with E-state index in [9.17, 15) is 9.00 Å². The van der Waals surface area contributed by atoms with Gasteiger partial charge in [-0.1, -0.05) is 0 Å². The molecule has 0 aromatic rings. The number of hydrogen-bond donors (Lipinski definition) is 1. The highest BCUT2D eigenvalue weighted by molar-refractivity contribution is 7.66. The lowest BCUT2D eigenvalue weighted by molar-refractivity contribution is -0.135. The lowest BCUT2D eigenvalue weighted by atomic mass is 10.3. The van der Waals surface area contributed by atoms with E-state index >= 15 is 0 Å². The first-order valence-electron chi connectivity index (χ1n) is 2.01. The minimum absolute atomic E-state index is 0.131. The second-order valence-corrected chi connectivity index (χ2v) is 2.22. The summed E-state index contributed by atoms with van der Waals surface area (Å²) in [4.78, 5) is 10.2. The SMILES string of the molecule is CC(CC(=O)O)=S=O. The smallest absolute Gasteiger partial charge is 0.308 e. The normalized spacial score (nSPS) is 8.12. The Labute approximate surface area is 50.4 Å². The molecule has 0 amide bonds. The van der Waals surface area contributed by atoms with Crippen LogP contribution in [0.15, 0.2) is 0 Å². The van der Waals surface area contributed by atoms with Crippen LogP contribution in [0, 0.1) is 0 Å². The highest BCUT2D eigenvalue weighted by Crippen LogP contribution is 1.79. The molecule has 46 valence electrons. The monoisotopic (exact) mass is 134 g/mol. The Morgan fingerprint density at radius 2 is 2.25 bits per heavy atom. The van der Waals surface area contributed by atoms with Gasteiger partial charge in [0.2, 0.25) is 0 Å². The van der Waals surface area contributed by atoms with Gasteiger partial charge < -0.3 is 5.11 Å². The first-order valence-corrected chi connectivity index (χ1v) is 2.75. The molecule has 0 unspecified atom stereocenters. The van der Waals surface area contributed by atoms with Gasteiger partial charge in [-0.15, -0.1) is 0 Å². The summed E-state index contributed by atoms with van der Waals surface area (Å²) in [7, 11) is 0. The molecule has 0 aliphatic heterocycles. The van der Waals surface area contributed by atoms with Gasteiger partial charge in [0.15, 0.2) is 0 Å². The van der Waals surface area contributed by atoms with Crippen LogP contribution in [0.4, 0.5) is 0 Å². The zero-order chi connectivity index (χ0) is 6.57. The third-order valence-corrected chi connectivity index (χ3v) is 0.971. The summed E-state index contributed by atoms with van der Waals surface area (Å²) in [5, 5.41) is 8.04. The van der Waals surface area contributed by atoms with Crippen LogP contribution in [0.5, 0.6) is 0 Å². The van der Waals surface area contributed by atoms with E-state index in [0.717, 1.165) is 0 Å². The zero-order valence-corrected chi connectivity index (χ0v) is 5.20. The molecule has 0 atom stereocenters. The van der Waals surface area contributed by atoms with Gasteiger partial charge in [-0.25, -0.2) is 4.21 Å². The van der Waals surface area contributed by atoms with Gasteiger partial charge in [-0.3, -0.25) is 4.79 Å². The molecule has 0 bridgehead atoms. The molecule has 0 aliphatic rings. The maximum Gasteiger partial charge on any atom is 0.308 e. The molecule has 0 rings (SSSR count). The average Bonchev–Trinajstić information content (AvgIpc) is 1.65. The first-order chi connectivity index (χ1) is 3.66. The molecule has 0 saturated heterocycles. The molecule has 1 N–H and O–H groups in total. The molecule has 4 heteroatoms. The molecule has 0 aliphatic carbocycles. The fraction of sp³-hybridized carbons (Fsp3) is 0.500. The highest BCUT2D eigenvalue weighted by atomic mass is 32.1. The number of hydrogen-bond acceptors (Lipinski definition) is 2. The summed E-state index contributed by atoms with van der Waals surface area (Å²) >= 11 is 0.239. The van der Waals surface area contributed by atoms with E-state index in [4.69, 9.17) is 5.11 Å². The molecule has 0 saturated carbocycles. The molecule has 8 heavy (non-hydrogen) atoms. The van der Waals surface area contributed by atoms with E-state index in [1.165, 1.54) is 6.92 Å². The van der Waals surface area contributed by atoms with Gasteiger partial charge in [0.05, 0.1) is 17.7 Å². The van der Waals surface area contributed by atoms with E-state index in [-0.39, 0.29) is 17.7 Å². The Morgan fingerprint density at radius 1 is 1.75 bits per heavy atom. The highest BCUT2D eigenvalue weighted by Gasteiger charge is 1.96. The molecule has 0 heterocycles. The summed E-state index contributed by atoms with van der Waals surface area (Å²) < 4.78 is 9.78. The molecule has 0 aromatic carbocycles. The van der Waals surface area contributed by atoms with E-state index in [0.29, 0.717) is 4.86 Å². The lowest BCUT2D eigenvalue weighted by Crippen LogP contribution is -2.01. The van der Waals surface area contributed by atoms with E-state index in [1.54, 1.807) is 0 Å². The molecular formula is C4H6O3S. The predicted octanol–water partition coefficient (Wildman–Crippen LogP) is -0.134. The van der Waals surface area contributed by atoms with Crippen molar-refractivity contribution in [2.45, 2.75) is 13.3 Å². The van der Waals surface area contributed by atoms with Crippen molar-refractivity contribution in [3.05, 3.63) is 0 Å². The van der Waals surface area contributed by atoms with Gasteiger partial charge in [-0.2, -0.15) is 0 Å². The zero-order valence-electron chi connectivity index (χ0n) is 4.38. The van der Waals surface area contributed by atoms with Crippen molar-refractivity contribution in [2.24, 2.45) is 0 Å². The summed E-state index contributed by atoms with van der Waals surface area (Å²) in [6.45, 7) is 1.51. The summed E-state index contributed by atoms with van der Waals surface area (Å²) in [6.07, 6.45) is -0.131. The minimum atomic E-state index is -0.953. The van der Waals surface area contributed by atoms with Crippen LogP contribution in [0.3, 0.4) is 0 Å². The third kappa shape index (κ3) is 3.55. The largest absolute Gasteiger partial charge is 0.481 e. The summed E-state index contributed by atoms with van der Waals surface area (Å²) in [5.41, 5.74) is 0. The fourth-order valence-corrected chi connectivity index (χ4v) is 0.425. The number of aliphatic carboxylic acids is 1. The maximum absolute atomic E-state index is 9.80. The van der Waals surface area contributed by atoms with Crippen molar-refractivity contribution in [2.75, 3.05) is 0 Å². The third-order valence-electron chi connectivity index (χ3n) is 0.542. The van der Waals surface area contributed by atoms with E-state index in [2.05, 4.69) is 0 Å². The molecule has 0 radical (unpaired) electrons. The second kappa shape index (κ2) is 3.37. The number of carboxylic acid groups (broad SMARTS) is 1. The van der Waals surface area contributed by atoms with Gasteiger partial charge in [-0.05, 0) is 6.92 Å². The molecule has 0 spiro atoms. The number of carbonyl (C=O) groups is 1. The number of carboxylic acids is 1. The Bertz CT molecular complexity index is 145. The standard InChI is InChI=1S/C4H6O3S/c1-3(8-7)2-4(5)6/h2H2,1H3,(H,5,6). The Hall–Kier alpha value is -0.640. The van der Waals surface area contributed by atoms with E-state index < -0.39 is 5.97 Å². The average molecular weight is 134 g/mol. The lowest BCUT2D eigenvalue weighted by Gasteiger charge is -1.83.